The van der Waals surface area contributed by atoms with Crippen molar-refractivity contribution in [1.82, 2.24) is 9.97 Å². The van der Waals surface area contributed by atoms with Crippen LogP contribution in [0.25, 0.3) is 10.7 Å². The maximum Gasteiger partial charge on any atom is 0.171 e. The molecule has 0 bridgehead atoms. The van der Waals surface area contributed by atoms with Gasteiger partial charge in [-0.15, -0.1) is 11.3 Å². The van der Waals surface area contributed by atoms with Crippen molar-refractivity contribution in [1.29, 1.82) is 0 Å². The summed E-state index contributed by atoms with van der Waals surface area (Å²) >= 11 is 7.42. The Morgan fingerprint density at radius 3 is 2.65 bits per heavy atom. The van der Waals surface area contributed by atoms with Gasteiger partial charge in [-0.25, -0.2) is 9.97 Å². The average Bonchev–Trinajstić information content (AvgIpc) is 2.71. The maximum atomic E-state index is 5.93. The minimum atomic E-state index is 0.737. The third-order valence-electron chi connectivity index (χ3n) is 2.53. The van der Waals surface area contributed by atoms with Gasteiger partial charge in [0.25, 0.3) is 0 Å². The molecule has 2 heterocycles. The molecule has 0 aliphatic rings. The zero-order valence-corrected chi connectivity index (χ0v) is 11.6. The molecule has 0 aliphatic heterocycles. The summed E-state index contributed by atoms with van der Waals surface area (Å²) in [7, 11) is 0. The van der Waals surface area contributed by atoms with E-state index < -0.39 is 0 Å². The van der Waals surface area contributed by atoms with Crippen LogP contribution in [-0.4, -0.2) is 16.5 Å². The predicted molar refractivity (Wildman–Crippen MR) is 74.0 cm³/mol. The average molecular weight is 268 g/mol. The predicted octanol–water partition coefficient (Wildman–Crippen LogP) is 3.91. The van der Waals surface area contributed by atoms with E-state index in [0.717, 1.165) is 38.7 Å². The van der Waals surface area contributed by atoms with Crippen molar-refractivity contribution in [3.63, 3.8) is 0 Å². The molecule has 2 aromatic heterocycles. The Labute approximate surface area is 110 Å². The molecular formula is C12H14ClN3S. The molecule has 0 aliphatic carbocycles. The lowest BCUT2D eigenvalue weighted by Crippen LogP contribution is -2.05. The van der Waals surface area contributed by atoms with Crippen molar-refractivity contribution in [3.8, 4) is 10.7 Å². The Morgan fingerprint density at radius 2 is 2.06 bits per heavy atom. The molecule has 5 heteroatoms. The summed E-state index contributed by atoms with van der Waals surface area (Å²) in [5, 5.41) is 3.25. The molecule has 0 amide bonds. The van der Waals surface area contributed by atoms with Gasteiger partial charge in [-0.1, -0.05) is 11.6 Å². The Balaban J connectivity index is 2.48. The minimum absolute atomic E-state index is 0.737. The Hall–Kier alpha value is -1.13. The number of anilines is 1. The van der Waals surface area contributed by atoms with Crippen molar-refractivity contribution in [2.75, 3.05) is 11.9 Å². The van der Waals surface area contributed by atoms with Gasteiger partial charge in [0.15, 0.2) is 5.82 Å². The van der Waals surface area contributed by atoms with Crippen LogP contribution in [0.3, 0.4) is 0 Å². The Kier molecular flexibility index (Phi) is 3.64. The fourth-order valence-corrected chi connectivity index (χ4v) is 2.49. The molecular weight excluding hydrogens is 254 g/mol. The minimum Gasteiger partial charge on any atom is -0.370 e. The van der Waals surface area contributed by atoms with Crippen LogP contribution in [0, 0.1) is 13.8 Å². The zero-order chi connectivity index (χ0) is 12.4. The third kappa shape index (κ3) is 2.58. The molecule has 0 aromatic carbocycles. The molecule has 0 spiro atoms. The van der Waals surface area contributed by atoms with Crippen LogP contribution >= 0.6 is 22.9 Å². The summed E-state index contributed by atoms with van der Waals surface area (Å²) in [5.74, 6) is 1.64. The Bertz CT molecular complexity index is 537. The van der Waals surface area contributed by atoms with Crippen LogP contribution in [-0.2, 0) is 0 Å². The first-order chi connectivity index (χ1) is 8.11. The fourth-order valence-electron chi connectivity index (χ4n) is 1.51. The summed E-state index contributed by atoms with van der Waals surface area (Å²) in [6.07, 6.45) is 0. The number of nitrogens with one attached hydrogen (secondary N) is 1. The van der Waals surface area contributed by atoms with E-state index in [2.05, 4.69) is 22.2 Å². The Morgan fingerprint density at radius 1 is 1.29 bits per heavy atom. The lowest BCUT2D eigenvalue weighted by molar-refractivity contribution is 1.05. The van der Waals surface area contributed by atoms with Crippen LogP contribution in [0.4, 0.5) is 5.82 Å². The van der Waals surface area contributed by atoms with Crippen molar-refractivity contribution in [2.24, 2.45) is 0 Å². The third-order valence-corrected chi connectivity index (χ3v) is 3.75. The van der Waals surface area contributed by atoms with Gasteiger partial charge in [0.05, 0.1) is 9.21 Å². The number of rotatable bonds is 3. The molecule has 0 unspecified atom stereocenters. The van der Waals surface area contributed by atoms with Gasteiger partial charge >= 0.3 is 0 Å². The number of aryl methyl sites for hydroxylation is 1. The first-order valence-electron chi connectivity index (χ1n) is 5.46. The molecule has 2 rings (SSSR count). The summed E-state index contributed by atoms with van der Waals surface area (Å²) in [6.45, 7) is 6.93. The molecule has 17 heavy (non-hydrogen) atoms. The number of aromatic nitrogens is 2. The standard InChI is InChI=1S/C12H14ClN3S/c1-4-14-11-7(2)8(3)15-12(16-11)9-5-6-10(13)17-9/h5-6H,4H2,1-3H3,(H,14,15,16). The number of halogens is 1. The second-order valence-corrected chi connectivity index (χ2v) is 5.46. The lowest BCUT2D eigenvalue weighted by atomic mass is 10.2. The van der Waals surface area contributed by atoms with E-state index in [1.165, 1.54) is 11.3 Å². The molecule has 0 saturated carbocycles. The first-order valence-corrected chi connectivity index (χ1v) is 6.66. The van der Waals surface area contributed by atoms with Crippen molar-refractivity contribution in [3.05, 3.63) is 27.7 Å². The van der Waals surface area contributed by atoms with E-state index in [1.807, 2.05) is 26.0 Å². The molecule has 1 N–H and O–H groups in total. The first kappa shape index (κ1) is 12.3. The van der Waals surface area contributed by atoms with E-state index >= 15 is 0 Å². The molecule has 2 aromatic rings. The van der Waals surface area contributed by atoms with E-state index in [-0.39, 0.29) is 0 Å². The summed E-state index contributed by atoms with van der Waals surface area (Å²) < 4.78 is 0.756. The maximum absolute atomic E-state index is 5.93. The number of nitrogens with zero attached hydrogens (tertiary/aromatic N) is 2. The summed E-state index contributed by atoms with van der Waals surface area (Å²) in [6, 6.07) is 3.82. The van der Waals surface area contributed by atoms with Crippen LogP contribution < -0.4 is 5.32 Å². The van der Waals surface area contributed by atoms with Gasteiger partial charge < -0.3 is 5.32 Å². The van der Waals surface area contributed by atoms with Gasteiger partial charge in [-0.05, 0) is 32.9 Å². The SMILES string of the molecule is CCNc1nc(-c2ccc(Cl)s2)nc(C)c1C. The highest BCUT2D eigenvalue weighted by Crippen LogP contribution is 2.30. The molecule has 0 radical (unpaired) electrons. The lowest BCUT2D eigenvalue weighted by Gasteiger charge is -2.10. The molecule has 0 saturated heterocycles. The molecule has 90 valence electrons. The van der Waals surface area contributed by atoms with Crippen LogP contribution in [0.1, 0.15) is 18.2 Å². The van der Waals surface area contributed by atoms with Gasteiger partial charge in [-0.2, -0.15) is 0 Å². The van der Waals surface area contributed by atoms with Crippen molar-refractivity contribution >= 4 is 28.8 Å². The highest BCUT2D eigenvalue weighted by atomic mass is 35.5. The van der Waals surface area contributed by atoms with Gasteiger partial charge in [0.2, 0.25) is 0 Å². The normalized spacial score (nSPS) is 10.6. The van der Waals surface area contributed by atoms with Crippen LogP contribution in [0.5, 0.6) is 0 Å². The summed E-state index contributed by atoms with van der Waals surface area (Å²) in [4.78, 5) is 10.0. The molecule has 0 fully saturated rings. The number of hydrogen-bond donors (Lipinski definition) is 1. The van der Waals surface area contributed by atoms with Gasteiger partial charge in [0.1, 0.15) is 5.82 Å². The summed E-state index contributed by atoms with van der Waals surface area (Å²) in [5.41, 5.74) is 2.09. The zero-order valence-electron chi connectivity index (χ0n) is 10.0. The van der Waals surface area contributed by atoms with E-state index in [0.29, 0.717) is 0 Å². The van der Waals surface area contributed by atoms with Gasteiger partial charge in [0, 0.05) is 17.8 Å². The highest BCUT2D eigenvalue weighted by Gasteiger charge is 2.10. The van der Waals surface area contributed by atoms with E-state index in [1.54, 1.807) is 0 Å². The van der Waals surface area contributed by atoms with Crippen LogP contribution in [0.2, 0.25) is 4.34 Å². The van der Waals surface area contributed by atoms with E-state index in [9.17, 15) is 0 Å². The van der Waals surface area contributed by atoms with Gasteiger partial charge in [-0.3, -0.25) is 0 Å². The fraction of sp³-hybridized carbons (Fsp3) is 0.333. The largest absolute Gasteiger partial charge is 0.370 e. The molecule has 0 atom stereocenters. The smallest absolute Gasteiger partial charge is 0.171 e. The highest BCUT2D eigenvalue weighted by molar-refractivity contribution is 7.19. The van der Waals surface area contributed by atoms with Crippen LogP contribution in [0.15, 0.2) is 12.1 Å². The number of hydrogen-bond acceptors (Lipinski definition) is 4. The second-order valence-electron chi connectivity index (χ2n) is 3.74. The van der Waals surface area contributed by atoms with Crippen molar-refractivity contribution < 1.29 is 0 Å². The quantitative estimate of drug-likeness (QED) is 0.916. The number of thiophene rings is 1. The van der Waals surface area contributed by atoms with Crippen molar-refractivity contribution in [2.45, 2.75) is 20.8 Å². The molecule has 3 nitrogen and oxygen atoms in total. The monoisotopic (exact) mass is 267 g/mol. The van der Waals surface area contributed by atoms with E-state index in [4.69, 9.17) is 11.6 Å². The second kappa shape index (κ2) is 5.02. The topological polar surface area (TPSA) is 37.8 Å².